The number of aliphatic imine (C=N–C) groups is 1. The molecule has 0 aliphatic heterocycles. The normalized spacial score (nSPS) is 12.0. The summed E-state index contributed by atoms with van der Waals surface area (Å²) in [6, 6.07) is 11.9. The lowest BCUT2D eigenvalue weighted by molar-refractivity contribution is 0.114. The van der Waals surface area contributed by atoms with Gasteiger partial charge in [0.25, 0.3) is 0 Å². The molecular weight excluding hydrogens is 500 g/mol. The number of nitrogens with one attached hydrogen (secondary N) is 2. The first-order chi connectivity index (χ1) is 14.0. The quantitative estimate of drug-likeness (QED) is 0.249. The molecule has 0 saturated carbocycles. The minimum atomic E-state index is -0.767. The van der Waals surface area contributed by atoms with Gasteiger partial charge in [0.05, 0.1) is 13.7 Å². The zero-order valence-electron chi connectivity index (χ0n) is 17.7. The van der Waals surface area contributed by atoms with Gasteiger partial charge < -0.3 is 25.2 Å². The van der Waals surface area contributed by atoms with Gasteiger partial charge in [0, 0.05) is 13.1 Å². The molecule has 6 nitrogen and oxygen atoms in total. The van der Waals surface area contributed by atoms with Crippen molar-refractivity contribution in [2.75, 3.05) is 33.4 Å². The summed E-state index contributed by atoms with van der Waals surface area (Å²) >= 11 is 0. The van der Waals surface area contributed by atoms with E-state index in [1.807, 2.05) is 26.0 Å². The average molecular weight is 531 g/mol. The van der Waals surface area contributed by atoms with Crippen LogP contribution in [0.15, 0.2) is 47.5 Å². The molecule has 2 aromatic carbocycles. The average Bonchev–Trinajstić information content (AvgIpc) is 2.72. The Morgan fingerprint density at radius 2 is 1.90 bits per heavy atom. The number of aliphatic hydroxyl groups is 1. The van der Waals surface area contributed by atoms with Gasteiger partial charge in [-0.3, -0.25) is 4.99 Å². The second-order valence-electron chi connectivity index (χ2n) is 6.62. The van der Waals surface area contributed by atoms with E-state index in [1.54, 1.807) is 7.11 Å². The third-order valence-corrected chi connectivity index (χ3v) is 4.24. The van der Waals surface area contributed by atoms with Crippen molar-refractivity contribution < 1.29 is 19.0 Å². The van der Waals surface area contributed by atoms with Crippen molar-refractivity contribution in [3.05, 3.63) is 59.4 Å². The first-order valence-electron chi connectivity index (χ1n) is 9.74. The van der Waals surface area contributed by atoms with Crippen LogP contribution in [-0.4, -0.2) is 50.5 Å². The van der Waals surface area contributed by atoms with Crippen LogP contribution in [-0.2, 0) is 6.42 Å². The Morgan fingerprint density at radius 3 is 2.57 bits per heavy atom. The lowest BCUT2D eigenvalue weighted by Gasteiger charge is -2.14. The number of guanidine groups is 1. The third kappa shape index (κ3) is 9.17. The second kappa shape index (κ2) is 14.0. The van der Waals surface area contributed by atoms with Gasteiger partial charge in [-0.25, -0.2) is 4.39 Å². The molecule has 0 aliphatic rings. The Bertz CT molecular complexity index is 788. The number of hydrogen-bond acceptors (Lipinski definition) is 4. The van der Waals surface area contributed by atoms with E-state index in [2.05, 4.69) is 21.7 Å². The SMILES string of the molecule is CCNC(=NCC(O)COc1ccc(F)cc1)NCCc1ccc(C)c(OC)c1.I. The molecule has 1 atom stereocenters. The number of benzene rings is 2. The van der Waals surface area contributed by atoms with Crippen molar-refractivity contribution in [3.63, 3.8) is 0 Å². The molecule has 166 valence electrons. The predicted octanol–water partition coefficient (Wildman–Crippen LogP) is 3.30. The molecule has 0 bridgehead atoms. The fourth-order valence-electron chi connectivity index (χ4n) is 2.66. The van der Waals surface area contributed by atoms with E-state index in [0.717, 1.165) is 17.7 Å². The van der Waals surface area contributed by atoms with E-state index in [1.165, 1.54) is 29.8 Å². The molecule has 0 aliphatic carbocycles. The van der Waals surface area contributed by atoms with Crippen LogP contribution in [0.25, 0.3) is 0 Å². The van der Waals surface area contributed by atoms with Gasteiger partial charge in [0.2, 0.25) is 0 Å². The number of rotatable bonds is 10. The van der Waals surface area contributed by atoms with Crippen molar-refractivity contribution in [1.29, 1.82) is 0 Å². The Balaban J connectivity index is 0.00000450. The predicted molar refractivity (Wildman–Crippen MR) is 129 cm³/mol. The molecule has 0 spiro atoms. The lowest BCUT2D eigenvalue weighted by Crippen LogP contribution is -2.39. The summed E-state index contributed by atoms with van der Waals surface area (Å²) in [5.74, 6) is 1.70. The first-order valence-corrected chi connectivity index (χ1v) is 9.74. The van der Waals surface area contributed by atoms with Crippen LogP contribution in [0.4, 0.5) is 4.39 Å². The largest absolute Gasteiger partial charge is 0.496 e. The number of aryl methyl sites for hydroxylation is 1. The molecule has 0 radical (unpaired) electrons. The van der Waals surface area contributed by atoms with Gasteiger partial charge in [-0.2, -0.15) is 0 Å². The molecule has 8 heteroatoms. The number of ether oxygens (including phenoxy) is 2. The molecule has 0 heterocycles. The van der Waals surface area contributed by atoms with Gasteiger partial charge in [-0.05, 0) is 61.7 Å². The Morgan fingerprint density at radius 1 is 1.17 bits per heavy atom. The van der Waals surface area contributed by atoms with Crippen molar-refractivity contribution in [2.24, 2.45) is 4.99 Å². The topological polar surface area (TPSA) is 75.1 Å². The highest BCUT2D eigenvalue weighted by molar-refractivity contribution is 14.0. The molecule has 30 heavy (non-hydrogen) atoms. The molecule has 2 aromatic rings. The molecular formula is C22H31FIN3O3. The zero-order valence-corrected chi connectivity index (χ0v) is 20.0. The van der Waals surface area contributed by atoms with Crippen LogP contribution in [0.3, 0.4) is 0 Å². The summed E-state index contributed by atoms with van der Waals surface area (Å²) in [6.07, 6.45) is 0.0500. The molecule has 0 aromatic heterocycles. The van der Waals surface area contributed by atoms with Crippen LogP contribution in [0.5, 0.6) is 11.5 Å². The minimum Gasteiger partial charge on any atom is -0.496 e. The first kappa shape index (κ1) is 26.0. The van der Waals surface area contributed by atoms with Crippen molar-refractivity contribution >= 4 is 29.9 Å². The fourth-order valence-corrected chi connectivity index (χ4v) is 2.66. The highest BCUT2D eigenvalue weighted by atomic mass is 127. The second-order valence-corrected chi connectivity index (χ2v) is 6.62. The zero-order chi connectivity index (χ0) is 21.1. The summed E-state index contributed by atoms with van der Waals surface area (Å²) in [5.41, 5.74) is 2.28. The maximum atomic E-state index is 12.9. The van der Waals surface area contributed by atoms with E-state index < -0.39 is 6.10 Å². The van der Waals surface area contributed by atoms with Gasteiger partial charge >= 0.3 is 0 Å². The molecule has 1 unspecified atom stereocenters. The van der Waals surface area contributed by atoms with Crippen LogP contribution in [0.1, 0.15) is 18.1 Å². The molecule has 0 amide bonds. The van der Waals surface area contributed by atoms with Crippen LogP contribution in [0.2, 0.25) is 0 Å². The maximum absolute atomic E-state index is 12.9. The Hall–Kier alpha value is -2.07. The van der Waals surface area contributed by atoms with E-state index in [9.17, 15) is 9.50 Å². The Kier molecular flexibility index (Phi) is 12.1. The van der Waals surface area contributed by atoms with E-state index in [-0.39, 0.29) is 42.9 Å². The Labute approximate surface area is 194 Å². The van der Waals surface area contributed by atoms with Crippen molar-refractivity contribution in [2.45, 2.75) is 26.4 Å². The summed E-state index contributed by atoms with van der Waals surface area (Å²) < 4.78 is 23.7. The van der Waals surface area contributed by atoms with E-state index >= 15 is 0 Å². The number of hydrogen-bond donors (Lipinski definition) is 3. The monoisotopic (exact) mass is 531 g/mol. The third-order valence-electron chi connectivity index (χ3n) is 4.24. The summed E-state index contributed by atoms with van der Waals surface area (Å²) in [7, 11) is 1.67. The van der Waals surface area contributed by atoms with Crippen molar-refractivity contribution in [3.8, 4) is 11.5 Å². The minimum absolute atomic E-state index is 0. The molecule has 0 saturated heterocycles. The van der Waals surface area contributed by atoms with Crippen LogP contribution >= 0.6 is 24.0 Å². The number of halogens is 2. The van der Waals surface area contributed by atoms with Crippen LogP contribution < -0.4 is 20.1 Å². The summed E-state index contributed by atoms with van der Waals surface area (Å²) in [4.78, 5) is 4.40. The lowest BCUT2D eigenvalue weighted by atomic mass is 10.1. The fraction of sp³-hybridized carbons (Fsp3) is 0.409. The summed E-state index contributed by atoms with van der Waals surface area (Å²) in [6.45, 7) is 5.68. The van der Waals surface area contributed by atoms with Gasteiger partial charge in [0.15, 0.2) is 5.96 Å². The number of nitrogens with zero attached hydrogens (tertiary/aromatic N) is 1. The van der Waals surface area contributed by atoms with Gasteiger partial charge in [0.1, 0.15) is 30.0 Å². The number of aliphatic hydroxyl groups excluding tert-OH is 1. The highest BCUT2D eigenvalue weighted by Gasteiger charge is 2.07. The maximum Gasteiger partial charge on any atom is 0.191 e. The highest BCUT2D eigenvalue weighted by Crippen LogP contribution is 2.19. The smallest absolute Gasteiger partial charge is 0.191 e. The number of methoxy groups -OCH3 is 1. The van der Waals surface area contributed by atoms with E-state index in [4.69, 9.17) is 9.47 Å². The van der Waals surface area contributed by atoms with Gasteiger partial charge in [-0.15, -0.1) is 24.0 Å². The molecule has 0 fully saturated rings. The molecule has 3 N–H and O–H groups in total. The van der Waals surface area contributed by atoms with Gasteiger partial charge in [-0.1, -0.05) is 12.1 Å². The van der Waals surface area contributed by atoms with Crippen LogP contribution in [0, 0.1) is 12.7 Å². The standard InChI is InChI=1S/C22H30FN3O3.HI/c1-4-24-22(25-12-11-17-6-5-16(2)21(13-17)28-3)26-14-19(27)15-29-20-9-7-18(23)8-10-20;/h5-10,13,19,27H,4,11-12,14-15H2,1-3H3,(H2,24,25,26);1H. The van der Waals surface area contributed by atoms with E-state index in [0.29, 0.717) is 24.8 Å². The molecule has 2 rings (SSSR count). The van der Waals surface area contributed by atoms with Crippen molar-refractivity contribution in [1.82, 2.24) is 10.6 Å². The summed E-state index contributed by atoms with van der Waals surface area (Å²) in [5, 5.41) is 16.5.